The second-order valence-corrected chi connectivity index (χ2v) is 9.52. The molecule has 1 aromatic heterocycles. The number of benzene rings is 2. The van der Waals surface area contributed by atoms with E-state index in [9.17, 15) is 4.21 Å². The fraction of sp³-hybridized carbons (Fsp3) is 0.304. The summed E-state index contributed by atoms with van der Waals surface area (Å²) in [7, 11) is 2.35. The molecule has 0 aliphatic carbocycles. The Hall–Kier alpha value is -2.15. The highest BCUT2D eigenvalue weighted by Crippen LogP contribution is 2.42. The second kappa shape index (κ2) is 9.11. The Labute approximate surface area is 178 Å². The molecule has 29 heavy (non-hydrogen) atoms. The van der Waals surface area contributed by atoms with Gasteiger partial charge in [0.2, 0.25) is 0 Å². The average Bonchev–Trinajstić information content (AvgIpc) is 3.31. The van der Waals surface area contributed by atoms with Crippen molar-refractivity contribution in [3.63, 3.8) is 0 Å². The first kappa shape index (κ1) is 20.1. The molecular weight excluding hydrogens is 402 g/mol. The lowest BCUT2D eigenvalue weighted by atomic mass is 9.91. The third kappa shape index (κ3) is 4.25. The van der Waals surface area contributed by atoms with E-state index in [0.29, 0.717) is 5.75 Å². The molecule has 152 valence electrons. The van der Waals surface area contributed by atoms with Crippen LogP contribution in [0.3, 0.4) is 0 Å². The van der Waals surface area contributed by atoms with E-state index in [0.717, 1.165) is 35.9 Å². The molecule has 0 N–H and O–H groups in total. The second-order valence-electron chi connectivity index (χ2n) is 6.97. The third-order valence-corrected chi connectivity index (χ3v) is 7.63. The monoisotopic (exact) mass is 427 g/mol. The number of thiophene rings is 1. The van der Waals surface area contributed by atoms with E-state index >= 15 is 0 Å². The van der Waals surface area contributed by atoms with E-state index in [1.165, 1.54) is 16.0 Å². The molecule has 0 amide bonds. The average molecular weight is 428 g/mol. The Morgan fingerprint density at radius 1 is 1.07 bits per heavy atom. The normalized spacial score (nSPS) is 17.5. The van der Waals surface area contributed by atoms with Crippen molar-refractivity contribution >= 4 is 22.1 Å². The Morgan fingerprint density at radius 2 is 1.83 bits per heavy atom. The van der Waals surface area contributed by atoms with Crippen LogP contribution in [0.5, 0.6) is 11.5 Å². The number of hydrogen-bond donors (Lipinski definition) is 0. The lowest BCUT2D eigenvalue weighted by Gasteiger charge is -2.37. The fourth-order valence-corrected chi connectivity index (χ4v) is 5.88. The highest BCUT2D eigenvalue weighted by atomic mass is 32.2. The number of methoxy groups -OCH3 is 2. The molecule has 2 aromatic carbocycles. The Bertz CT molecular complexity index is 973. The number of nitrogens with zero attached hydrogens (tertiary/aromatic N) is 1. The Morgan fingerprint density at radius 3 is 2.52 bits per heavy atom. The van der Waals surface area contributed by atoms with Crippen LogP contribution in [-0.2, 0) is 17.2 Å². The first-order valence-electron chi connectivity index (χ1n) is 9.67. The van der Waals surface area contributed by atoms with Gasteiger partial charge in [0.25, 0.3) is 0 Å². The van der Waals surface area contributed by atoms with Gasteiger partial charge in [-0.1, -0.05) is 24.3 Å². The topological polar surface area (TPSA) is 38.8 Å². The molecule has 6 heteroatoms. The molecule has 0 saturated heterocycles. The van der Waals surface area contributed by atoms with Crippen molar-refractivity contribution in [3.8, 4) is 11.5 Å². The van der Waals surface area contributed by atoms with Gasteiger partial charge in [0.05, 0.1) is 31.1 Å². The molecule has 0 saturated carbocycles. The van der Waals surface area contributed by atoms with E-state index in [-0.39, 0.29) is 6.04 Å². The molecule has 4 nitrogen and oxygen atoms in total. The van der Waals surface area contributed by atoms with Crippen molar-refractivity contribution < 1.29 is 13.7 Å². The quantitative estimate of drug-likeness (QED) is 0.556. The maximum Gasteiger partial charge on any atom is 0.161 e. The molecule has 0 spiro atoms. The predicted octanol–water partition coefficient (Wildman–Crippen LogP) is 4.52. The van der Waals surface area contributed by atoms with Gasteiger partial charge in [-0.05, 0) is 53.3 Å². The molecule has 4 rings (SSSR count). The Kier molecular flexibility index (Phi) is 6.33. The van der Waals surface area contributed by atoms with Gasteiger partial charge >= 0.3 is 0 Å². The summed E-state index contributed by atoms with van der Waals surface area (Å²) in [5, 5.41) is 2.12. The van der Waals surface area contributed by atoms with Gasteiger partial charge in [0.15, 0.2) is 11.5 Å². The SMILES string of the molecule is COc1cc2c(cc1OC)C(c1cccs1)N(CCS(=O)c1ccccc1)CC2. The zero-order valence-corrected chi connectivity index (χ0v) is 18.3. The molecule has 0 bridgehead atoms. The summed E-state index contributed by atoms with van der Waals surface area (Å²) in [5.41, 5.74) is 2.54. The van der Waals surface area contributed by atoms with E-state index in [2.05, 4.69) is 34.5 Å². The van der Waals surface area contributed by atoms with Crippen LogP contribution in [0.15, 0.2) is 64.9 Å². The van der Waals surface area contributed by atoms with Gasteiger partial charge in [-0.3, -0.25) is 9.11 Å². The number of rotatable bonds is 7. The highest BCUT2D eigenvalue weighted by molar-refractivity contribution is 7.85. The van der Waals surface area contributed by atoms with E-state index in [1.54, 1.807) is 25.6 Å². The molecule has 2 atom stereocenters. The van der Waals surface area contributed by atoms with Crippen LogP contribution in [0.2, 0.25) is 0 Å². The minimum absolute atomic E-state index is 0.145. The molecule has 2 heterocycles. The summed E-state index contributed by atoms with van der Waals surface area (Å²) in [6.07, 6.45) is 0.940. The van der Waals surface area contributed by atoms with Gasteiger partial charge in [0, 0.05) is 28.6 Å². The predicted molar refractivity (Wildman–Crippen MR) is 119 cm³/mol. The number of hydrogen-bond acceptors (Lipinski definition) is 5. The van der Waals surface area contributed by atoms with Gasteiger partial charge < -0.3 is 9.47 Å². The van der Waals surface area contributed by atoms with Crippen molar-refractivity contribution in [2.75, 3.05) is 33.1 Å². The zero-order chi connectivity index (χ0) is 20.2. The summed E-state index contributed by atoms with van der Waals surface area (Å²) in [6, 6.07) is 18.4. The van der Waals surface area contributed by atoms with Crippen molar-refractivity contribution in [2.45, 2.75) is 17.4 Å². The number of ether oxygens (including phenoxy) is 2. The van der Waals surface area contributed by atoms with E-state index in [4.69, 9.17) is 9.47 Å². The third-order valence-electron chi connectivity index (χ3n) is 5.36. The van der Waals surface area contributed by atoms with Gasteiger partial charge in [-0.25, -0.2) is 0 Å². The van der Waals surface area contributed by atoms with E-state index < -0.39 is 10.8 Å². The first-order valence-corrected chi connectivity index (χ1v) is 11.9. The fourth-order valence-electron chi connectivity index (χ4n) is 3.91. The first-order chi connectivity index (χ1) is 14.2. The summed E-state index contributed by atoms with van der Waals surface area (Å²) in [4.78, 5) is 4.63. The number of fused-ring (bicyclic) bond motifs is 1. The van der Waals surface area contributed by atoms with Crippen LogP contribution in [0.25, 0.3) is 0 Å². The molecule has 0 radical (unpaired) electrons. The maximum atomic E-state index is 12.8. The zero-order valence-electron chi connectivity index (χ0n) is 16.7. The van der Waals surface area contributed by atoms with Gasteiger partial charge in [0.1, 0.15) is 0 Å². The molecule has 1 aliphatic rings. The summed E-state index contributed by atoms with van der Waals surface area (Å²) in [6.45, 7) is 1.70. The van der Waals surface area contributed by atoms with Crippen molar-refractivity contribution in [1.82, 2.24) is 4.90 Å². The summed E-state index contributed by atoms with van der Waals surface area (Å²) < 4.78 is 23.8. The van der Waals surface area contributed by atoms with Crippen LogP contribution >= 0.6 is 11.3 Å². The standard InChI is InChI=1S/C23H25NO3S2/c1-26-20-15-17-10-11-24(12-14-29(25)18-7-4-3-5-8-18)23(22-9-6-13-28-22)19(17)16-21(20)27-2/h3-9,13,15-16,23H,10-12,14H2,1-2H3. The van der Waals surface area contributed by atoms with Crippen molar-refractivity contribution in [3.05, 3.63) is 76.0 Å². The van der Waals surface area contributed by atoms with Crippen LogP contribution < -0.4 is 9.47 Å². The maximum absolute atomic E-state index is 12.8. The van der Waals surface area contributed by atoms with Crippen LogP contribution in [0.1, 0.15) is 22.0 Å². The van der Waals surface area contributed by atoms with Crippen LogP contribution in [0.4, 0.5) is 0 Å². The summed E-state index contributed by atoms with van der Waals surface area (Å²) in [5.74, 6) is 2.14. The van der Waals surface area contributed by atoms with Crippen molar-refractivity contribution in [2.24, 2.45) is 0 Å². The smallest absolute Gasteiger partial charge is 0.161 e. The lowest BCUT2D eigenvalue weighted by molar-refractivity contribution is 0.228. The minimum Gasteiger partial charge on any atom is -0.493 e. The molecule has 2 unspecified atom stereocenters. The van der Waals surface area contributed by atoms with Crippen molar-refractivity contribution in [1.29, 1.82) is 0 Å². The Balaban J connectivity index is 1.62. The van der Waals surface area contributed by atoms with Gasteiger partial charge in [-0.2, -0.15) is 0 Å². The van der Waals surface area contributed by atoms with Gasteiger partial charge in [-0.15, -0.1) is 11.3 Å². The van der Waals surface area contributed by atoms with E-state index in [1.807, 2.05) is 30.3 Å². The molecule has 0 fully saturated rings. The molecule has 1 aliphatic heterocycles. The summed E-state index contributed by atoms with van der Waals surface area (Å²) >= 11 is 1.76. The molecule has 3 aromatic rings. The van der Waals surface area contributed by atoms with Crippen LogP contribution in [0, 0.1) is 0 Å². The highest BCUT2D eigenvalue weighted by Gasteiger charge is 2.31. The lowest BCUT2D eigenvalue weighted by Crippen LogP contribution is -2.38. The molecular formula is C23H25NO3S2. The largest absolute Gasteiger partial charge is 0.493 e. The minimum atomic E-state index is -0.999. The van der Waals surface area contributed by atoms with Crippen LogP contribution in [-0.4, -0.2) is 42.2 Å².